The Bertz CT molecular complexity index is 173. The average Bonchev–Trinajstić information content (AvgIpc) is 2.62. The highest BCUT2D eigenvalue weighted by molar-refractivity contribution is 4.84. The molecule has 2 heterocycles. The topological polar surface area (TPSA) is 47.9 Å². The molecule has 0 aliphatic carbocycles. The summed E-state index contributed by atoms with van der Waals surface area (Å²) in [5, 5.41) is 9.71. The molecule has 0 spiro atoms. The monoisotopic (exact) mass is 202 g/mol. The third-order valence-corrected chi connectivity index (χ3v) is 2.76. The lowest BCUT2D eigenvalue weighted by atomic mass is 9.94. The van der Waals surface area contributed by atoms with Gasteiger partial charge in [-0.2, -0.15) is 0 Å². The molecule has 4 nitrogen and oxygen atoms in total. The number of aliphatic hydroxyl groups is 1. The molecular formula is C10H18O4. The summed E-state index contributed by atoms with van der Waals surface area (Å²) < 4.78 is 15.6. The number of hydrogen-bond donors (Lipinski definition) is 1. The maximum Gasteiger partial charge on any atom is 0.157 e. The van der Waals surface area contributed by atoms with Crippen molar-refractivity contribution in [1.29, 1.82) is 0 Å². The number of rotatable bonds is 5. The summed E-state index contributed by atoms with van der Waals surface area (Å²) >= 11 is 0. The van der Waals surface area contributed by atoms with E-state index in [2.05, 4.69) is 0 Å². The van der Waals surface area contributed by atoms with E-state index in [1.54, 1.807) is 0 Å². The van der Waals surface area contributed by atoms with Crippen molar-refractivity contribution < 1.29 is 19.3 Å². The summed E-state index contributed by atoms with van der Waals surface area (Å²) in [7, 11) is 0. The highest BCUT2D eigenvalue weighted by Crippen LogP contribution is 2.24. The molecule has 4 heteroatoms. The molecule has 0 saturated carbocycles. The molecule has 2 saturated heterocycles. The van der Waals surface area contributed by atoms with E-state index in [0.717, 1.165) is 38.9 Å². The second-order valence-electron chi connectivity index (χ2n) is 4.13. The highest BCUT2D eigenvalue weighted by atomic mass is 16.7. The fraction of sp³-hybridized carbons (Fsp3) is 1.00. The maximum absolute atomic E-state index is 9.71. The van der Waals surface area contributed by atoms with Crippen LogP contribution in [0.2, 0.25) is 0 Å². The highest BCUT2D eigenvalue weighted by Gasteiger charge is 2.35. The first kappa shape index (κ1) is 10.4. The van der Waals surface area contributed by atoms with Crippen molar-refractivity contribution in [2.45, 2.75) is 37.6 Å². The Morgan fingerprint density at radius 2 is 1.86 bits per heavy atom. The van der Waals surface area contributed by atoms with Gasteiger partial charge in [0.1, 0.15) is 5.60 Å². The van der Waals surface area contributed by atoms with Crippen LogP contribution in [0.25, 0.3) is 0 Å². The first-order chi connectivity index (χ1) is 6.79. The van der Waals surface area contributed by atoms with Crippen LogP contribution in [0.5, 0.6) is 0 Å². The summed E-state index contributed by atoms with van der Waals surface area (Å²) in [5.41, 5.74) is -0.530. The third kappa shape index (κ3) is 2.67. The number of unbranched alkanes of at least 4 members (excludes halogenated alkanes) is 1. The van der Waals surface area contributed by atoms with Crippen LogP contribution >= 0.6 is 0 Å². The van der Waals surface area contributed by atoms with Crippen LogP contribution in [0.3, 0.4) is 0 Å². The molecule has 0 aromatic rings. The molecule has 0 bridgehead atoms. The molecule has 0 aromatic carbocycles. The van der Waals surface area contributed by atoms with Gasteiger partial charge in [0.15, 0.2) is 6.29 Å². The van der Waals surface area contributed by atoms with Gasteiger partial charge in [-0.1, -0.05) is 6.42 Å². The molecule has 0 aromatic heterocycles. The molecule has 2 aliphatic rings. The molecule has 0 atom stereocenters. The summed E-state index contributed by atoms with van der Waals surface area (Å²) in [5.74, 6) is 0. The van der Waals surface area contributed by atoms with Crippen molar-refractivity contribution in [1.82, 2.24) is 0 Å². The first-order valence-corrected chi connectivity index (χ1v) is 5.32. The van der Waals surface area contributed by atoms with E-state index in [1.807, 2.05) is 0 Å². The molecule has 0 unspecified atom stereocenters. The lowest BCUT2D eigenvalue weighted by Crippen LogP contribution is -2.49. The second kappa shape index (κ2) is 4.57. The lowest BCUT2D eigenvalue weighted by molar-refractivity contribution is -0.182. The first-order valence-electron chi connectivity index (χ1n) is 5.32. The number of ether oxygens (including phenoxy) is 3. The van der Waals surface area contributed by atoms with Crippen LogP contribution in [0.4, 0.5) is 0 Å². The zero-order valence-electron chi connectivity index (χ0n) is 8.41. The second-order valence-corrected chi connectivity index (χ2v) is 4.13. The molecular weight excluding hydrogens is 184 g/mol. The fourth-order valence-corrected chi connectivity index (χ4v) is 1.82. The zero-order valence-corrected chi connectivity index (χ0v) is 8.41. The Kier molecular flexibility index (Phi) is 3.38. The van der Waals surface area contributed by atoms with E-state index < -0.39 is 5.60 Å². The van der Waals surface area contributed by atoms with Gasteiger partial charge in [0, 0.05) is 0 Å². The molecule has 2 fully saturated rings. The minimum Gasteiger partial charge on any atom is -0.385 e. The van der Waals surface area contributed by atoms with Crippen molar-refractivity contribution in [3.63, 3.8) is 0 Å². The van der Waals surface area contributed by atoms with Gasteiger partial charge in [-0.05, 0) is 19.3 Å². The predicted octanol–water partition coefficient (Wildman–Crippen LogP) is 0.681. The van der Waals surface area contributed by atoms with E-state index in [-0.39, 0.29) is 6.29 Å². The van der Waals surface area contributed by atoms with Gasteiger partial charge in [0.2, 0.25) is 0 Å². The Morgan fingerprint density at radius 3 is 2.43 bits per heavy atom. The Morgan fingerprint density at radius 1 is 1.14 bits per heavy atom. The van der Waals surface area contributed by atoms with E-state index in [4.69, 9.17) is 14.2 Å². The molecule has 2 aliphatic heterocycles. The van der Waals surface area contributed by atoms with Crippen molar-refractivity contribution in [2.75, 3.05) is 26.4 Å². The SMILES string of the molecule is OC1(CCCCC2OCCO2)COC1. The summed E-state index contributed by atoms with van der Waals surface area (Å²) in [6.07, 6.45) is 3.84. The summed E-state index contributed by atoms with van der Waals surface area (Å²) in [4.78, 5) is 0. The quantitative estimate of drug-likeness (QED) is 0.666. The smallest absolute Gasteiger partial charge is 0.157 e. The zero-order chi connectivity index (χ0) is 9.86. The number of hydrogen-bond acceptors (Lipinski definition) is 4. The van der Waals surface area contributed by atoms with Gasteiger partial charge in [0.25, 0.3) is 0 Å². The third-order valence-electron chi connectivity index (χ3n) is 2.76. The van der Waals surface area contributed by atoms with E-state index in [9.17, 15) is 5.11 Å². The van der Waals surface area contributed by atoms with Crippen LogP contribution in [-0.4, -0.2) is 43.4 Å². The fourth-order valence-electron chi connectivity index (χ4n) is 1.82. The molecule has 0 radical (unpaired) electrons. The van der Waals surface area contributed by atoms with Gasteiger partial charge in [-0.3, -0.25) is 0 Å². The van der Waals surface area contributed by atoms with Crippen molar-refractivity contribution in [3.05, 3.63) is 0 Å². The molecule has 82 valence electrons. The predicted molar refractivity (Wildman–Crippen MR) is 49.9 cm³/mol. The van der Waals surface area contributed by atoms with Crippen LogP contribution in [0.15, 0.2) is 0 Å². The van der Waals surface area contributed by atoms with Crippen LogP contribution in [0.1, 0.15) is 25.7 Å². The summed E-state index contributed by atoms with van der Waals surface area (Å²) in [6.45, 7) is 2.46. The van der Waals surface area contributed by atoms with Gasteiger partial charge < -0.3 is 19.3 Å². The van der Waals surface area contributed by atoms with E-state index in [0.29, 0.717) is 13.2 Å². The van der Waals surface area contributed by atoms with Gasteiger partial charge in [-0.15, -0.1) is 0 Å². The molecule has 2 rings (SSSR count). The largest absolute Gasteiger partial charge is 0.385 e. The van der Waals surface area contributed by atoms with E-state index in [1.165, 1.54) is 0 Å². The van der Waals surface area contributed by atoms with Crippen LogP contribution in [0, 0.1) is 0 Å². The Labute approximate surface area is 84.1 Å². The normalized spacial score (nSPS) is 26.4. The summed E-state index contributed by atoms with van der Waals surface area (Å²) in [6, 6.07) is 0. The van der Waals surface area contributed by atoms with Crippen LogP contribution < -0.4 is 0 Å². The maximum atomic E-state index is 9.71. The minimum absolute atomic E-state index is 0.00211. The van der Waals surface area contributed by atoms with Crippen molar-refractivity contribution in [3.8, 4) is 0 Å². The molecule has 14 heavy (non-hydrogen) atoms. The van der Waals surface area contributed by atoms with Crippen molar-refractivity contribution in [2.24, 2.45) is 0 Å². The van der Waals surface area contributed by atoms with E-state index >= 15 is 0 Å². The van der Waals surface area contributed by atoms with Gasteiger partial charge in [-0.25, -0.2) is 0 Å². The molecule has 0 amide bonds. The standard InChI is InChI=1S/C10H18O4/c11-10(7-12-8-10)4-2-1-3-9-13-5-6-14-9/h9,11H,1-8H2. The van der Waals surface area contributed by atoms with Gasteiger partial charge in [0.05, 0.1) is 26.4 Å². The minimum atomic E-state index is -0.530. The Balaban J connectivity index is 1.50. The Hall–Kier alpha value is -0.160. The lowest BCUT2D eigenvalue weighted by Gasteiger charge is -2.36. The molecule has 1 N–H and O–H groups in total. The average molecular weight is 202 g/mol. The van der Waals surface area contributed by atoms with Gasteiger partial charge >= 0.3 is 0 Å². The van der Waals surface area contributed by atoms with Crippen molar-refractivity contribution >= 4 is 0 Å². The van der Waals surface area contributed by atoms with Crippen LogP contribution in [-0.2, 0) is 14.2 Å².